The lowest BCUT2D eigenvalue weighted by atomic mass is 10.0. The number of anilines is 1. The zero-order chi connectivity index (χ0) is 27.6. The van der Waals surface area contributed by atoms with Crippen LogP contribution in [0, 0.1) is 0 Å². The zero-order valence-corrected chi connectivity index (χ0v) is 24.2. The Labute approximate surface area is 234 Å². The maximum atomic E-state index is 13.9. The molecule has 2 aromatic heterocycles. The molecule has 5 rings (SSSR count). The number of rotatable bonds is 8. The van der Waals surface area contributed by atoms with Crippen LogP contribution in [0.5, 0.6) is 0 Å². The van der Waals surface area contributed by atoms with Crippen molar-refractivity contribution in [2.45, 2.75) is 69.9 Å². The molecule has 3 heterocycles. The Morgan fingerprint density at radius 3 is 2.59 bits per heavy atom. The third-order valence-corrected chi connectivity index (χ3v) is 10.4. The molecule has 0 bridgehead atoms. The fourth-order valence-electron chi connectivity index (χ4n) is 5.20. The van der Waals surface area contributed by atoms with E-state index in [1.54, 1.807) is 45.9 Å². The number of benzene rings is 2. The molecule has 39 heavy (non-hydrogen) atoms. The first-order valence-electron chi connectivity index (χ1n) is 13.5. The SMILES string of the molecule is CCC1CCCCN1S(=O)(=O)c1ccc(C(=O)N(Cc2cccnc2)c2nc3c(C(C)C)cccc3s2)cc1. The summed E-state index contributed by atoms with van der Waals surface area (Å²) in [5.74, 6) is 0.0604. The maximum Gasteiger partial charge on any atom is 0.260 e. The molecule has 0 spiro atoms. The van der Waals surface area contributed by atoms with E-state index in [0.717, 1.165) is 47.0 Å². The summed E-state index contributed by atoms with van der Waals surface area (Å²) in [5.41, 5.74) is 3.34. The van der Waals surface area contributed by atoms with E-state index in [2.05, 4.69) is 24.9 Å². The van der Waals surface area contributed by atoms with Crippen molar-refractivity contribution in [1.29, 1.82) is 0 Å². The van der Waals surface area contributed by atoms with Crippen LogP contribution >= 0.6 is 11.3 Å². The van der Waals surface area contributed by atoms with Crippen molar-refractivity contribution in [3.8, 4) is 0 Å². The summed E-state index contributed by atoms with van der Waals surface area (Å²) in [4.78, 5) is 24.9. The average molecular weight is 563 g/mol. The second-order valence-corrected chi connectivity index (χ2v) is 13.2. The van der Waals surface area contributed by atoms with Crippen LogP contribution in [0.2, 0.25) is 0 Å². The molecule has 1 unspecified atom stereocenters. The predicted octanol–water partition coefficient (Wildman–Crippen LogP) is 6.61. The third kappa shape index (κ3) is 5.62. The first-order valence-corrected chi connectivity index (χ1v) is 15.8. The fourth-order valence-corrected chi connectivity index (χ4v) is 7.96. The van der Waals surface area contributed by atoms with E-state index in [9.17, 15) is 13.2 Å². The summed E-state index contributed by atoms with van der Waals surface area (Å²) in [7, 11) is -3.63. The van der Waals surface area contributed by atoms with Crippen LogP contribution < -0.4 is 4.90 Å². The topological polar surface area (TPSA) is 83.5 Å². The van der Waals surface area contributed by atoms with Gasteiger partial charge in [-0.25, -0.2) is 13.4 Å². The fraction of sp³-hybridized carbons (Fsp3) is 0.367. The van der Waals surface area contributed by atoms with Crippen LogP contribution in [0.25, 0.3) is 10.2 Å². The molecular weight excluding hydrogens is 528 g/mol. The average Bonchev–Trinajstić information content (AvgIpc) is 3.40. The highest BCUT2D eigenvalue weighted by atomic mass is 32.2. The Balaban J connectivity index is 1.49. The number of carbonyl (C=O) groups is 1. The number of aromatic nitrogens is 2. The van der Waals surface area contributed by atoms with Gasteiger partial charge in [-0.2, -0.15) is 4.31 Å². The quantitative estimate of drug-likeness (QED) is 0.241. The lowest BCUT2D eigenvalue weighted by molar-refractivity contribution is 0.0985. The minimum absolute atomic E-state index is 0.0230. The first kappa shape index (κ1) is 27.4. The standard InChI is InChI=1S/C30H34N4O3S2/c1-4-24-10-5-6-18-34(24)39(36,37)25-15-13-23(14-16-25)29(35)33(20-22-9-8-17-31-19-22)30-32-28-26(21(2)3)11-7-12-27(28)38-30/h7-9,11-17,19,21,24H,4-6,10,18,20H2,1-3H3. The van der Waals surface area contributed by atoms with E-state index in [0.29, 0.717) is 29.7 Å². The highest BCUT2D eigenvalue weighted by molar-refractivity contribution is 7.89. The molecule has 0 radical (unpaired) electrons. The predicted molar refractivity (Wildman–Crippen MR) is 157 cm³/mol. The van der Waals surface area contributed by atoms with Gasteiger partial charge >= 0.3 is 0 Å². The van der Waals surface area contributed by atoms with Crippen molar-refractivity contribution in [3.05, 3.63) is 83.7 Å². The zero-order valence-electron chi connectivity index (χ0n) is 22.6. The van der Waals surface area contributed by atoms with Gasteiger partial charge in [-0.3, -0.25) is 14.7 Å². The number of hydrogen-bond donors (Lipinski definition) is 0. The normalized spacial score (nSPS) is 16.6. The van der Waals surface area contributed by atoms with Crippen LogP contribution in [0.1, 0.15) is 73.9 Å². The van der Waals surface area contributed by atoms with Gasteiger partial charge in [0, 0.05) is 30.5 Å². The van der Waals surface area contributed by atoms with Crippen LogP contribution in [-0.2, 0) is 16.6 Å². The Hall–Kier alpha value is -3.14. The van der Waals surface area contributed by atoms with Gasteiger partial charge in [-0.1, -0.05) is 56.7 Å². The van der Waals surface area contributed by atoms with Crippen LogP contribution in [0.4, 0.5) is 5.13 Å². The molecule has 7 nitrogen and oxygen atoms in total. The second kappa shape index (κ2) is 11.5. The second-order valence-electron chi connectivity index (χ2n) is 10.3. The van der Waals surface area contributed by atoms with E-state index in [1.165, 1.54) is 11.3 Å². The molecule has 1 atom stereocenters. The largest absolute Gasteiger partial charge is 0.279 e. The lowest BCUT2D eigenvalue weighted by Crippen LogP contribution is -2.43. The van der Waals surface area contributed by atoms with Crippen molar-refractivity contribution >= 4 is 42.6 Å². The van der Waals surface area contributed by atoms with Gasteiger partial charge in [0.25, 0.3) is 5.91 Å². The van der Waals surface area contributed by atoms with E-state index in [1.807, 2.05) is 31.2 Å². The summed E-state index contributed by atoms with van der Waals surface area (Å²) in [5, 5.41) is 0.600. The Kier molecular flexibility index (Phi) is 8.11. The number of piperidine rings is 1. The van der Waals surface area contributed by atoms with Crippen molar-refractivity contribution in [3.63, 3.8) is 0 Å². The van der Waals surface area contributed by atoms with Gasteiger partial charge in [0.1, 0.15) is 0 Å². The van der Waals surface area contributed by atoms with Gasteiger partial charge in [0.2, 0.25) is 10.0 Å². The molecule has 1 aliphatic rings. The van der Waals surface area contributed by atoms with Crippen molar-refractivity contribution in [2.75, 3.05) is 11.4 Å². The highest BCUT2D eigenvalue weighted by Gasteiger charge is 2.33. The number of sulfonamides is 1. The van der Waals surface area contributed by atoms with Gasteiger partial charge in [0.05, 0.1) is 21.7 Å². The molecule has 1 aliphatic heterocycles. The smallest absolute Gasteiger partial charge is 0.260 e. The van der Waals surface area contributed by atoms with Crippen LogP contribution in [-0.4, -0.2) is 41.2 Å². The molecule has 0 aliphatic carbocycles. The molecule has 4 aromatic rings. The first-order chi connectivity index (χ1) is 18.8. The highest BCUT2D eigenvalue weighted by Crippen LogP contribution is 2.35. The van der Waals surface area contributed by atoms with Gasteiger partial charge in [-0.05, 0) is 72.7 Å². The lowest BCUT2D eigenvalue weighted by Gasteiger charge is -2.34. The Morgan fingerprint density at radius 2 is 1.90 bits per heavy atom. The van der Waals surface area contributed by atoms with Crippen LogP contribution in [0.3, 0.4) is 0 Å². The van der Waals surface area contributed by atoms with Gasteiger partial charge in [-0.15, -0.1) is 0 Å². The molecule has 204 valence electrons. The van der Waals surface area contributed by atoms with Crippen LogP contribution in [0.15, 0.2) is 71.9 Å². The monoisotopic (exact) mass is 562 g/mol. The molecule has 0 N–H and O–H groups in total. The summed E-state index contributed by atoms with van der Waals surface area (Å²) in [6.07, 6.45) is 7.04. The third-order valence-electron chi connectivity index (χ3n) is 7.35. The number of carbonyl (C=O) groups excluding carboxylic acids is 1. The van der Waals surface area contributed by atoms with E-state index < -0.39 is 10.0 Å². The molecule has 0 saturated carbocycles. The van der Waals surface area contributed by atoms with Crippen molar-refractivity contribution in [1.82, 2.24) is 14.3 Å². The number of hydrogen-bond acceptors (Lipinski definition) is 6. The maximum absolute atomic E-state index is 13.9. The number of para-hydroxylation sites is 1. The van der Waals surface area contributed by atoms with E-state index in [-0.39, 0.29) is 16.8 Å². The van der Waals surface area contributed by atoms with E-state index in [4.69, 9.17) is 4.98 Å². The van der Waals surface area contributed by atoms with Crippen molar-refractivity contribution < 1.29 is 13.2 Å². The molecular formula is C30H34N4O3S2. The summed E-state index contributed by atoms with van der Waals surface area (Å²) < 4.78 is 29.5. The number of fused-ring (bicyclic) bond motifs is 1. The molecule has 2 aromatic carbocycles. The molecule has 1 saturated heterocycles. The Bertz CT molecular complexity index is 1550. The summed E-state index contributed by atoms with van der Waals surface area (Å²) >= 11 is 1.48. The van der Waals surface area contributed by atoms with Gasteiger partial charge in [0.15, 0.2) is 5.13 Å². The number of nitrogens with zero attached hydrogens (tertiary/aromatic N) is 4. The molecule has 9 heteroatoms. The van der Waals surface area contributed by atoms with E-state index >= 15 is 0 Å². The van der Waals surface area contributed by atoms with Gasteiger partial charge < -0.3 is 0 Å². The Morgan fingerprint density at radius 1 is 1.10 bits per heavy atom. The minimum atomic E-state index is -3.63. The number of amides is 1. The molecule has 1 amide bonds. The summed E-state index contributed by atoms with van der Waals surface area (Å²) in [6.45, 7) is 7.14. The number of pyridine rings is 1. The minimum Gasteiger partial charge on any atom is -0.279 e. The summed E-state index contributed by atoms with van der Waals surface area (Å²) in [6, 6.07) is 16.3. The van der Waals surface area contributed by atoms with Crippen molar-refractivity contribution in [2.24, 2.45) is 0 Å². The molecule has 1 fully saturated rings. The number of thiazole rings is 1.